The topological polar surface area (TPSA) is 52.6 Å². The SMILES string of the molecule is CCCC(NC1CC2CCCC(C1)N2C)C(=O)O. The van der Waals surface area contributed by atoms with Gasteiger partial charge in [-0.2, -0.15) is 0 Å². The Hall–Kier alpha value is -0.610. The molecule has 3 atom stereocenters. The largest absolute Gasteiger partial charge is 0.480 e. The first kappa shape index (κ1) is 13.8. The van der Waals surface area contributed by atoms with E-state index >= 15 is 0 Å². The molecule has 2 fully saturated rings. The van der Waals surface area contributed by atoms with Crippen LogP contribution < -0.4 is 5.32 Å². The Morgan fingerprint density at radius 3 is 2.50 bits per heavy atom. The van der Waals surface area contributed by atoms with E-state index in [0.717, 1.165) is 25.7 Å². The molecule has 4 heteroatoms. The molecule has 0 spiro atoms. The Labute approximate surface area is 110 Å². The summed E-state index contributed by atoms with van der Waals surface area (Å²) in [5.74, 6) is -0.694. The standard InChI is InChI=1S/C14H26N2O2/c1-3-5-13(14(17)18)15-10-8-11-6-4-7-12(9-10)16(11)2/h10-13,15H,3-9H2,1-2H3,(H,17,18). The predicted molar refractivity (Wildman–Crippen MR) is 71.7 cm³/mol. The summed E-state index contributed by atoms with van der Waals surface area (Å²) in [6.45, 7) is 2.04. The highest BCUT2D eigenvalue weighted by atomic mass is 16.4. The average molecular weight is 254 g/mol. The molecule has 18 heavy (non-hydrogen) atoms. The minimum atomic E-state index is -0.694. The number of carboxylic acids is 1. The number of aliphatic carboxylic acids is 1. The third-order valence-electron chi connectivity index (χ3n) is 4.65. The molecule has 0 aromatic carbocycles. The van der Waals surface area contributed by atoms with Crippen molar-refractivity contribution in [3.05, 3.63) is 0 Å². The van der Waals surface area contributed by atoms with Gasteiger partial charge in [0.1, 0.15) is 6.04 Å². The van der Waals surface area contributed by atoms with E-state index in [1.165, 1.54) is 19.3 Å². The summed E-state index contributed by atoms with van der Waals surface area (Å²) in [5.41, 5.74) is 0. The molecular formula is C14H26N2O2. The summed E-state index contributed by atoms with van der Waals surface area (Å²) in [7, 11) is 2.23. The van der Waals surface area contributed by atoms with Crippen molar-refractivity contribution in [1.82, 2.24) is 10.2 Å². The van der Waals surface area contributed by atoms with Crippen LogP contribution in [0, 0.1) is 0 Å². The smallest absolute Gasteiger partial charge is 0.320 e. The molecule has 4 nitrogen and oxygen atoms in total. The number of piperidine rings is 2. The van der Waals surface area contributed by atoms with Crippen molar-refractivity contribution in [2.45, 2.75) is 76.0 Å². The molecule has 0 aromatic heterocycles. The van der Waals surface area contributed by atoms with Crippen LogP contribution in [-0.4, -0.2) is 47.2 Å². The third-order valence-corrected chi connectivity index (χ3v) is 4.65. The van der Waals surface area contributed by atoms with Crippen LogP contribution in [0.4, 0.5) is 0 Å². The highest BCUT2D eigenvalue weighted by Gasteiger charge is 2.37. The average Bonchev–Trinajstić information content (AvgIpc) is 2.29. The van der Waals surface area contributed by atoms with Gasteiger partial charge in [-0.05, 0) is 39.2 Å². The molecule has 3 unspecified atom stereocenters. The van der Waals surface area contributed by atoms with Crippen LogP contribution in [0.5, 0.6) is 0 Å². The number of rotatable bonds is 5. The van der Waals surface area contributed by atoms with Crippen LogP contribution >= 0.6 is 0 Å². The molecule has 0 aliphatic carbocycles. The van der Waals surface area contributed by atoms with E-state index in [9.17, 15) is 9.90 Å². The summed E-state index contributed by atoms with van der Waals surface area (Å²) in [6, 6.07) is 1.35. The zero-order valence-electron chi connectivity index (χ0n) is 11.6. The van der Waals surface area contributed by atoms with E-state index in [1.807, 2.05) is 6.92 Å². The minimum absolute atomic E-state index is 0.357. The molecule has 2 rings (SSSR count). The first-order chi connectivity index (χ1) is 8.61. The fourth-order valence-electron chi connectivity index (χ4n) is 3.60. The second-order valence-corrected chi connectivity index (χ2v) is 5.92. The second kappa shape index (κ2) is 6.02. The zero-order chi connectivity index (χ0) is 13.1. The monoisotopic (exact) mass is 254 g/mol. The summed E-state index contributed by atoms with van der Waals surface area (Å²) < 4.78 is 0. The Morgan fingerprint density at radius 2 is 2.00 bits per heavy atom. The summed E-state index contributed by atoms with van der Waals surface area (Å²) in [6.07, 6.45) is 7.76. The first-order valence-electron chi connectivity index (χ1n) is 7.32. The van der Waals surface area contributed by atoms with Gasteiger partial charge in [0.05, 0.1) is 0 Å². The van der Waals surface area contributed by atoms with Gasteiger partial charge >= 0.3 is 5.97 Å². The van der Waals surface area contributed by atoms with E-state index < -0.39 is 5.97 Å². The maximum absolute atomic E-state index is 11.2. The van der Waals surface area contributed by atoms with Crippen molar-refractivity contribution < 1.29 is 9.90 Å². The molecule has 2 bridgehead atoms. The van der Waals surface area contributed by atoms with Gasteiger partial charge in [0.2, 0.25) is 0 Å². The Balaban J connectivity index is 1.92. The van der Waals surface area contributed by atoms with Gasteiger partial charge in [0.15, 0.2) is 0 Å². The fraction of sp³-hybridized carbons (Fsp3) is 0.929. The number of fused-ring (bicyclic) bond motifs is 2. The van der Waals surface area contributed by atoms with Gasteiger partial charge in [-0.15, -0.1) is 0 Å². The molecular weight excluding hydrogens is 228 g/mol. The highest BCUT2D eigenvalue weighted by molar-refractivity contribution is 5.73. The summed E-state index contributed by atoms with van der Waals surface area (Å²) in [5, 5.41) is 12.6. The molecule has 2 aliphatic heterocycles. The second-order valence-electron chi connectivity index (χ2n) is 5.92. The highest BCUT2D eigenvalue weighted by Crippen LogP contribution is 2.32. The predicted octanol–water partition coefficient (Wildman–Crippen LogP) is 1.84. The van der Waals surface area contributed by atoms with E-state index in [0.29, 0.717) is 18.1 Å². The lowest BCUT2D eigenvalue weighted by atomic mass is 9.82. The third kappa shape index (κ3) is 3.04. The van der Waals surface area contributed by atoms with Crippen LogP contribution in [0.25, 0.3) is 0 Å². The lowest BCUT2D eigenvalue weighted by molar-refractivity contribution is -0.140. The van der Waals surface area contributed by atoms with E-state index in [2.05, 4.69) is 17.3 Å². The molecule has 0 aromatic rings. The molecule has 0 amide bonds. The van der Waals surface area contributed by atoms with Gasteiger partial charge in [0, 0.05) is 18.1 Å². The summed E-state index contributed by atoms with van der Waals surface area (Å²) >= 11 is 0. The zero-order valence-corrected chi connectivity index (χ0v) is 11.6. The molecule has 0 radical (unpaired) electrons. The number of carbonyl (C=O) groups is 1. The maximum Gasteiger partial charge on any atom is 0.320 e. The number of hydrogen-bond acceptors (Lipinski definition) is 3. The van der Waals surface area contributed by atoms with Crippen LogP contribution in [0.1, 0.15) is 51.9 Å². The normalized spacial score (nSPS) is 34.2. The van der Waals surface area contributed by atoms with Gasteiger partial charge in [-0.25, -0.2) is 0 Å². The van der Waals surface area contributed by atoms with Gasteiger partial charge in [-0.1, -0.05) is 19.8 Å². The van der Waals surface area contributed by atoms with Crippen molar-refractivity contribution in [2.24, 2.45) is 0 Å². The van der Waals surface area contributed by atoms with E-state index in [-0.39, 0.29) is 6.04 Å². The summed E-state index contributed by atoms with van der Waals surface area (Å²) in [4.78, 5) is 13.7. The van der Waals surface area contributed by atoms with Gasteiger partial charge in [-0.3, -0.25) is 4.79 Å². The van der Waals surface area contributed by atoms with Crippen molar-refractivity contribution in [1.29, 1.82) is 0 Å². The van der Waals surface area contributed by atoms with Crippen LogP contribution in [0.2, 0.25) is 0 Å². The fourth-order valence-corrected chi connectivity index (χ4v) is 3.60. The van der Waals surface area contributed by atoms with Crippen LogP contribution in [0.3, 0.4) is 0 Å². The minimum Gasteiger partial charge on any atom is -0.480 e. The van der Waals surface area contributed by atoms with E-state index in [4.69, 9.17) is 0 Å². The first-order valence-corrected chi connectivity index (χ1v) is 7.32. The molecule has 2 N–H and O–H groups in total. The van der Waals surface area contributed by atoms with Crippen molar-refractivity contribution >= 4 is 5.97 Å². The van der Waals surface area contributed by atoms with Crippen LogP contribution in [-0.2, 0) is 4.79 Å². The van der Waals surface area contributed by atoms with E-state index in [1.54, 1.807) is 0 Å². The number of nitrogens with one attached hydrogen (secondary N) is 1. The van der Waals surface area contributed by atoms with Crippen molar-refractivity contribution in [3.8, 4) is 0 Å². The Kier molecular flexibility index (Phi) is 4.62. The van der Waals surface area contributed by atoms with Crippen molar-refractivity contribution in [3.63, 3.8) is 0 Å². The number of hydrogen-bond donors (Lipinski definition) is 2. The molecule has 104 valence electrons. The van der Waals surface area contributed by atoms with Crippen molar-refractivity contribution in [2.75, 3.05) is 7.05 Å². The lowest BCUT2D eigenvalue weighted by Crippen LogP contribution is -2.56. The molecule has 2 heterocycles. The Morgan fingerprint density at radius 1 is 1.39 bits per heavy atom. The molecule has 0 saturated carbocycles. The number of carboxylic acid groups (broad SMARTS) is 1. The molecule has 2 aliphatic rings. The van der Waals surface area contributed by atoms with Gasteiger partial charge in [0.25, 0.3) is 0 Å². The Bertz CT molecular complexity index is 282. The van der Waals surface area contributed by atoms with Crippen LogP contribution in [0.15, 0.2) is 0 Å². The number of nitrogens with zero attached hydrogens (tertiary/aromatic N) is 1. The quantitative estimate of drug-likeness (QED) is 0.786. The lowest BCUT2D eigenvalue weighted by Gasteiger charge is -2.47. The molecule has 2 saturated heterocycles. The van der Waals surface area contributed by atoms with Gasteiger partial charge < -0.3 is 15.3 Å². The maximum atomic E-state index is 11.2.